The van der Waals surface area contributed by atoms with Crippen LogP contribution >= 0.6 is 15.9 Å². The molecule has 0 aliphatic rings. The molecule has 3 N–H and O–H groups in total. The average Bonchev–Trinajstić information content (AvgIpc) is 2.70. The number of carbonyl (C=O) groups is 1. The van der Waals surface area contributed by atoms with Crippen molar-refractivity contribution >= 4 is 43.8 Å². The fraction of sp³-hybridized carbons (Fsp3) is 0. The van der Waals surface area contributed by atoms with Gasteiger partial charge in [0.2, 0.25) is 0 Å². The average molecular weight is 474 g/mol. The van der Waals surface area contributed by atoms with Crippen LogP contribution in [0, 0.1) is 0 Å². The Hall–Kier alpha value is -3.17. The molecule has 7 nitrogen and oxygen atoms in total. The number of sulfonamides is 1. The molecule has 0 aliphatic carbocycles. The lowest BCUT2D eigenvalue weighted by atomic mass is 10.2. The minimum absolute atomic E-state index is 0.0490. The fourth-order valence-electron chi connectivity index (χ4n) is 2.34. The number of nitrogens with zero attached hydrogens (tertiary/aromatic N) is 1. The summed E-state index contributed by atoms with van der Waals surface area (Å²) in [6.45, 7) is 0. The Morgan fingerprint density at radius 2 is 1.62 bits per heavy atom. The van der Waals surface area contributed by atoms with Gasteiger partial charge in [0.25, 0.3) is 15.9 Å². The van der Waals surface area contributed by atoms with Crippen LogP contribution in [0.4, 0.5) is 5.69 Å². The van der Waals surface area contributed by atoms with Crippen LogP contribution < -0.4 is 10.1 Å². The summed E-state index contributed by atoms with van der Waals surface area (Å²) in [7, 11) is -3.73. The van der Waals surface area contributed by atoms with E-state index in [-0.39, 0.29) is 10.6 Å². The van der Waals surface area contributed by atoms with Crippen molar-refractivity contribution in [2.24, 2.45) is 5.10 Å². The number of halogens is 1. The van der Waals surface area contributed by atoms with E-state index in [0.717, 1.165) is 4.47 Å². The molecule has 0 aliphatic heterocycles. The van der Waals surface area contributed by atoms with Gasteiger partial charge >= 0.3 is 0 Å². The summed E-state index contributed by atoms with van der Waals surface area (Å²) in [5.41, 5.74) is 3.43. The van der Waals surface area contributed by atoms with E-state index in [1.165, 1.54) is 48.7 Å². The molecule has 148 valence electrons. The molecule has 0 spiro atoms. The van der Waals surface area contributed by atoms with Crippen molar-refractivity contribution in [1.82, 2.24) is 5.43 Å². The van der Waals surface area contributed by atoms with Crippen molar-refractivity contribution in [1.29, 1.82) is 0 Å². The molecule has 1 amide bonds. The number of amides is 1. The number of benzene rings is 3. The van der Waals surface area contributed by atoms with Crippen LogP contribution in [-0.2, 0) is 10.0 Å². The van der Waals surface area contributed by atoms with Gasteiger partial charge in [0, 0.05) is 21.3 Å². The Bertz CT molecular complexity index is 1150. The first-order chi connectivity index (χ1) is 13.8. The summed E-state index contributed by atoms with van der Waals surface area (Å²) < 4.78 is 28.0. The number of rotatable bonds is 6. The van der Waals surface area contributed by atoms with Crippen LogP contribution in [0.25, 0.3) is 0 Å². The van der Waals surface area contributed by atoms with Crippen molar-refractivity contribution < 1.29 is 18.3 Å². The minimum Gasteiger partial charge on any atom is -0.507 e. The number of anilines is 1. The highest BCUT2D eigenvalue weighted by atomic mass is 79.9. The van der Waals surface area contributed by atoms with Gasteiger partial charge in [-0.25, -0.2) is 13.8 Å². The molecule has 0 fully saturated rings. The number of hydrogen-bond donors (Lipinski definition) is 3. The molecule has 0 unspecified atom stereocenters. The van der Waals surface area contributed by atoms with Gasteiger partial charge in [-0.05, 0) is 60.7 Å². The van der Waals surface area contributed by atoms with Gasteiger partial charge in [0.1, 0.15) is 5.75 Å². The van der Waals surface area contributed by atoms with E-state index >= 15 is 0 Å². The predicted octanol–water partition coefficient (Wildman–Crippen LogP) is 3.72. The molecule has 0 saturated carbocycles. The second-order valence-corrected chi connectivity index (χ2v) is 8.49. The highest BCUT2D eigenvalue weighted by Crippen LogP contribution is 2.19. The normalized spacial score (nSPS) is 11.3. The zero-order valence-corrected chi connectivity index (χ0v) is 17.3. The van der Waals surface area contributed by atoms with Crippen LogP contribution in [0.1, 0.15) is 15.9 Å². The van der Waals surface area contributed by atoms with E-state index in [2.05, 4.69) is 31.2 Å². The second-order valence-electron chi connectivity index (χ2n) is 5.89. The summed E-state index contributed by atoms with van der Waals surface area (Å²) in [5, 5.41) is 13.5. The highest BCUT2D eigenvalue weighted by molar-refractivity contribution is 9.10. The summed E-state index contributed by atoms with van der Waals surface area (Å²) in [6, 6.07) is 18.7. The van der Waals surface area contributed by atoms with E-state index < -0.39 is 15.9 Å². The van der Waals surface area contributed by atoms with Gasteiger partial charge in [0.05, 0.1) is 11.1 Å². The molecule has 3 aromatic rings. The van der Waals surface area contributed by atoms with Crippen molar-refractivity contribution in [2.75, 3.05) is 4.72 Å². The summed E-state index contributed by atoms with van der Waals surface area (Å²) >= 11 is 3.26. The maximum Gasteiger partial charge on any atom is 0.271 e. The molecule has 0 radical (unpaired) electrons. The zero-order chi connectivity index (χ0) is 20.9. The first-order valence-electron chi connectivity index (χ1n) is 8.35. The smallest absolute Gasteiger partial charge is 0.271 e. The van der Waals surface area contributed by atoms with Gasteiger partial charge in [-0.2, -0.15) is 5.10 Å². The summed E-state index contributed by atoms with van der Waals surface area (Å²) in [4.78, 5) is 12.3. The molecule has 3 aromatic carbocycles. The first kappa shape index (κ1) is 20.6. The maximum absolute atomic E-state index is 12.4. The van der Waals surface area contributed by atoms with Gasteiger partial charge in [-0.15, -0.1) is 0 Å². The van der Waals surface area contributed by atoms with Crippen molar-refractivity contribution in [3.63, 3.8) is 0 Å². The van der Waals surface area contributed by atoms with Crippen molar-refractivity contribution in [3.05, 3.63) is 88.4 Å². The Labute approximate surface area is 176 Å². The van der Waals surface area contributed by atoms with E-state index in [0.29, 0.717) is 16.8 Å². The van der Waals surface area contributed by atoms with Crippen molar-refractivity contribution in [2.45, 2.75) is 4.90 Å². The van der Waals surface area contributed by atoms with Gasteiger partial charge < -0.3 is 5.11 Å². The van der Waals surface area contributed by atoms with Crippen molar-refractivity contribution in [3.8, 4) is 5.75 Å². The molecule has 0 aromatic heterocycles. The summed E-state index contributed by atoms with van der Waals surface area (Å²) in [5.74, 6) is -0.424. The molecular formula is C20H16BrN3O4S. The lowest BCUT2D eigenvalue weighted by Gasteiger charge is -2.09. The number of carbonyl (C=O) groups excluding carboxylic acids is 1. The second kappa shape index (κ2) is 8.89. The van der Waals surface area contributed by atoms with Gasteiger partial charge in [-0.1, -0.05) is 28.1 Å². The SMILES string of the molecule is O=C(NN=Cc1ccccc1O)c1ccc(NS(=O)(=O)c2ccc(Br)cc2)cc1. The number of hydrogen-bond acceptors (Lipinski definition) is 5. The Morgan fingerprint density at radius 1 is 0.966 bits per heavy atom. The topological polar surface area (TPSA) is 108 Å². The maximum atomic E-state index is 12.4. The van der Waals surface area contributed by atoms with Crippen LogP contribution in [0.5, 0.6) is 5.75 Å². The molecule has 0 bridgehead atoms. The quantitative estimate of drug-likeness (QED) is 0.374. The molecule has 0 heterocycles. The van der Waals surface area contributed by atoms with Crippen LogP contribution in [0.15, 0.2) is 87.3 Å². The third-order valence-electron chi connectivity index (χ3n) is 3.83. The largest absolute Gasteiger partial charge is 0.507 e. The number of para-hydroxylation sites is 1. The van der Waals surface area contributed by atoms with E-state index in [9.17, 15) is 18.3 Å². The monoisotopic (exact) mass is 473 g/mol. The van der Waals surface area contributed by atoms with Crippen LogP contribution in [-0.4, -0.2) is 25.6 Å². The van der Waals surface area contributed by atoms with E-state index in [4.69, 9.17) is 0 Å². The molecule has 9 heteroatoms. The Kier molecular flexibility index (Phi) is 6.30. The fourth-order valence-corrected chi connectivity index (χ4v) is 3.66. The zero-order valence-electron chi connectivity index (χ0n) is 14.9. The van der Waals surface area contributed by atoms with E-state index in [1.54, 1.807) is 30.3 Å². The Balaban J connectivity index is 1.64. The first-order valence-corrected chi connectivity index (χ1v) is 10.6. The molecule has 3 rings (SSSR count). The molecule has 0 atom stereocenters. The number of phenols is 1. The lowest BCUT2D eigenvalue weighted by Crippen LogP contribution is -2.18. The summed E-state index contributed by atoms with van der Waals surface area (Å²) in [6.07, 6.45) is 1.33. The third-order valence-corrected chi connectivity index (χ3v) is 5.76. The van der Waals surface area contributed by atoms with Gasteiger partial charge in [-0.3, -0.25) is 9.52 Å². The molecular weight excluding hydrogens is 458 g/mol. The lowest BCUT2D eigenvalue weighted by molar-refractivity contribution is 0.0955. The highest BCUT2D eigenvalue weighted by Gasteiger charge is 2.14. The third kappa shape index (κ3) is 5.43. The number of aromatic hydroxyl groups is 1. The molecule has 29 heavy (non-hydrogen) atoms. The molecule has 0 saturated heterocycles. The van der Waals surface area contributed by atoms with Crippen LogP contribution in [0.3, 0.4) is 0 Å². The minimum atomic E-state index is -3.73. The van der Waals surface area contributed by atoms with Gasteiger partial charge in [0.15, 0.2) is 0 Å². The van der Waals surface area contributed by atoms with Crippen LogP contribution in [0.2, 0.25) is 0 Å². The number of phenolic OH excluding ortho intramolecular Hbond substituents is 1. The predicted molar refractivity (Wildman–Crippen MR) is 115 cm³/mol. The number of hydrazone groups is 1. The standard InChI is InChI=1S/C20H16BrN3O4S/c21-16-7-11-18(12-8-16)29(27,28)24-17-9-5-14(6-10-17)20(26)23-22-13-15-3-1-2-4-19(15)25/h1-13,24-25H,(H,23,26). The van der Waals surface area contributed by atoms with E-state index in [1.807, 2.05) is 0 Å². The Morgan fingerprint density at radius 3 is 2.28 bits per heavy atom. The number of nitrogens with one attached hydrogen (secondary N) is 2.